The zero-order valence-electron chi connectivity index (χ0n) is 5.54. The predicted octanol–water partition coefficient (Wildman–Crippen LogP) is -2.25. The van der Waals surface area contributed by atoms with Crippen LogP contribution in [0, 0.1) is 0 Å². The first kappa shape index (κ1) is 15.4. The minimum absolute atomic E-state index is 4.64. The second kappa shape index (κ2) is 4.43. The van der Waals surface area contributed by atoms with Crippen molar-refractivity contribution in [1.82, 2.24) is 0 Å². The van der Waals surface area contributed by atoms with E-state index in [4.69, 9.17) is 28.4 Å². The van der Waals surface area contributed by atoms with Crippen molar-refractivity contribution in [3.8, 4) is 0 Å². The van der Waals surface area contributed by atoms with Crippen LogP contribution >= 0.6 is 7.82 Å². The first-order chi connectivity index (χ1) is 5.25. The van der Waals surface area contributed by atoms with Crippen molar-refractivity contribution >= 4 is 26.1 Å². The molecule has 0 heterocycles. The van der Waals surface area contributed by atoms with Gasteiger partial charge in [-0.3, -0.25) is 9.11 Å². The lowest BCUT2D eigenvalue weighted by atomic mass is 15.8. The standard InChI is InChI=1S/H2O6S2.H3O4P/c1-7(2,3)8(4,5)6;1-5(2,3)4/h(H,1,2,3)(H,4,5,6);(H3,1,2,3,4). The Labute approximate surface area is 72.0 Å². The van der Waals surface area contributed by atoms with Gasteiger partial charge in [-0.05, 0) is 0 Å². The summed E-state index contributed by atoms with van der Waals surface area (Å²) in [4.78, 5) is 21.6. The van der Waals surface area contributed by atoms with Crippen molar-refractivity contribution in [2.45, 2.75) is 0 Å². The first-order valence-electron chi connectivity index (χ1n) is 1.98. The van der Waals surface area contributed by atoms with Crippen LogP contribution in [0.5, 0.6) is 0 Å². The van der Waals surface area contributed by atoms with E-state index in [-0.39, 0.29) is 0 Å². The van der Waals surface area contributed by atoms with Gasteiger partial charge in [0.2, 0.25) is 0 Å². The molecule has 0 aromatic heterocycles. The number of phosphoric acid groups is 1. The molecule has 5 N–H and O–H groups in total. The van der Waals surface area contributed by atoms with E-state index in [2.05, 4.69) is 0 Å². The summed E-state index contributed by atoms with van der Waals surface area (Å²) in [6, 6.07) is 0. The summed E-state index contributed by atoms with van der Waals surface area (Å²) in [7, 11) is -15.3. The Balaban J connectivity index is 0. The zero-order valence-corrected chi connectivity index (χ0v) is 8.07. The van der Waals surface area contributed by atoms with Gasteiger partial charge >= 0.3 is 26.1 Å². The molecular formula is H5O10PS2. The summed E-state index contributed by atoms with van der Waals surface area (Å²) < 4.78 is 61.3. The van der Waals surface area contributed by atoms with Crippen LogP contribution in [0.2, 0.25) is 0 Å². The highest BCUT2D eigenvalue weighted by Gasteiger charge is 2.22. The summed E-state index contributed by atoms with van der Waals surface area (Å²) >= 11 is 0. The molecule has 0 aliphatic heterocycles. The maximum absolute atomic E-state index is 9.37. The molecule has 0 fully saturated rings. The first-order valence-corrected chi connectivity index (χ1v) is 6.94. The average Bonchev–Trinajstić information content (AvgIpc) is 1.50. The lowest BCUT2D eigenvalue weighted by Gasteiger charge is -1.84. The highest BCUT2D eigenvalue weighted by atomic mass is 33.2. The van der Waals surface area contributed by atoms with Crippen LogP contribution in [-0.4, -0.2) is 40.6 Å². The van der Waals surface area contributed by atoms with Gasteiger partial charge in [0, 0.05) is 0 Å². The molecule has 0 unspecified atom stereocenters. The van der Waals surface area contributed by atoms with Crippen LogP contribution in [0.3, 0.4) is 0 Å². The Morgan fingerprint density at radius 1 is 0.769 bits per heavy atom. The van der Waals surface area contributed by atoms with Gasteiger partial charge < -0.3 is 14.7 Å². The maximum atomic E-state index is 9.37. The van der Waals surface area contributed by atoms with Crippen LogP contribution < -0.4 is 0 Å². The van der Waals surface area contributed by atoms with Crippen LogP contribution in [0.15, 0.2) is 0 Å². The third-order valence-electron chi connectivity index (χ3n) is 0.266. The molecule has 0 saturated heterocycles. The highest BCUT2D eigenvalue weighted by Crippen LogP contribution is 2.25. The molecule has 0 bridgehead atoms. The van der Waals surface area contributed by atoms with E-state index in [1.165, 1.54) is 0 Å². The molecular weight excluding hydrogens is 255 g/mol. The maximum Gasteiger partial charge on any atom is 0.466 e. The van der Waals surface area contributed by atoms with Gasteiger partial charge in [0.25, 0.3) is 0 Å². The topological polar surface area (TPSA) is 186 Å². The molecule has 13 heteroatoms. The Bertz CT molecular complexity index is 336. The van der Waals surface area contributed by atoms with Gasteiger partial charge in [0.15, 0.2) is 0 Å². The average molecular weight is 260 g/mol. The largest absolute Gasteiger partial charge is 0.466 e. The third kappa shape index (κ3) is 14.8. The van der Waals surface area contributed by atoms with Crippen LogP contribution in [-0.2, 0) is 22.9 Å². The molecule has 0 radical (unpaired) electrons. The summed E-state index contributed by atoms with van der Waals surface area (Å²) in [5.74, 6) is 0. The summed E-state index contributed by atoms with van der Waals surface area (Å²) in [5.41, 5.74) is 0. The van der Waals surface area contributed by atoms with E-state index >= 15 is 0 Å². The third-order valence-corrected chi connectivity index (χ3v) is 2.40. The minimum atomic E-state index is -5.31. The minimum Gasteiger partial charge on any atom is -0.303 e. The molecule has 0 saturated carbocycles. The number of hydrogen-bond donors (Lipinski definition) is 5. The zero-order chi connectivity index (χ0) is 11.5. The lowest BCUT2D eigenvalue weighted by molar-refractivity contribution is 0.275. The van der Waals surface area contributed by atoms with Gasteiger partial charge in [0.1, 0.15) is 0 Å². The molecule has 0 aliphatic carbocycles. The molecule has 0 aromatic carbocycles. The Morgan fingerprint density at radius 3 is 0.846 bits per heavy atom. The second-order valence-corrected chi connectivity index (χ2v) is 6.63. The van der Waals surface area contributed by atoms with Crippen molar-refractivity contribution < 1.29 is 45.2 Å². The molecule has 10 nitrogen and oxygen atoms in total. The fourth-order valence-electron chi connectivity index (χ4n) is 0. The Kier molecular flexibility index (Phi) is 5.25. The summed E-state index contributed by atoms with van der Waals surface area (Å²) in [6.45, 7) is 0. The van der Waals surface area contributed by atoms with E-state index in [0.717, 1.165) is 0 Å². The van der Waals surface area contributed by atoms with E-state index in [1.807, 2.05) is 0 Å². The summed E-state index contributed by atoms with van der Waals surface area (Å²) in [6.07, 6.45) is 0. The normalized spacial score (nSPS) is 13.0. The van der Waals surface area contributed by atoms with Gasteiger partial charge in [0.05, 0.1) is 0 Å². The molecule has 0 aromatic rings. The number of rotatable bonds is 1. The quantitative estimate of drug-likeness (QED) is 0.196. The fourth-order valence-corrected chi connectivity index (χ4v) is 0. The van der Waals surface area contributed by atoms with Gasteiger partial charge in [-0.15, -0.1) is 0 Å². The van der Waals surface area contributed by atoms with Crippen molar-refractivity contribution in [1.29, 1.82) is 0 Å². The molecule has 0 aliphatic rings. The summed E-state index contributed by atoms with van der Waals surface area (Å²) in [5, 5.41) is 0. The van der Waals surface area contributed by atoms with Crippen LogP contribution in [0.25, 0.3) is 0 Å². The van der Waals surface area contributed by atoms with Crippen molar-refractivity contribution in [3.63, 3.8) is 0 Å². The predicted molar refractivity (Wildman–Crippen MR) is 37.4 cm³/mol. The molecule has 0 amide bonds. The van der Waals surface area contributed by atoms with Crippen molar-refractivity contribution in [2.24, 2.45) is 0 Å². The van der Waals surface area contributed by atoms with Gasteiger partial charge in [-0.2, -0.15) is 16.8 Å². The molecule has 0 atom stereocenters. The Morgan fingerprint density at radius 2 is 0.846 bits per heavy atom. The SMILES string of the molecule is O=P(O)(O)O.O=S(=O)(O)S(=O)(=O)O. The molecule has 0 spiro atoms. The van der Waals surface area contributed by atoms with E-state index in [9.17, 15) is 16.8 Å². The second-order valence-electron chi connectivity index (χ2n) is 1.37. The van der Waals surface area contributed by atoms with Gasteiger partial charge in [-0.1, -0.05) is 0 Å². The van der Waals surface area contributed by atoms with E-state index in [1.54, 1.807) is 0 Å². The van der Waals surface area contributed by atoms with E-state index < -0.39 is 26.1 Å². The van der Waals surface area contributed by atoms with Gasteiger partial charge in [-0.25, -0.2) is 4.57 Å². The monoisotopic (exact) mass is 260 g/mol. The molecule has 0 rings (SSSR count). The van der Waals surface area contributed by atoms with E-state index in [0.29, 0.717) is 0 Å². The lowest BCUT2D eigenvalue weighted by Crippen LogP contribution is -2.11. The smallest absolute Gasteiger partial charge is 0.303 e. The molecule has 13 heavy (non-hydrogen) atoms. The Hall–Kier alpha value is -0.0700. The molecule has 82 valence electrons. The fraction of sp³-hybridized carbons (Fsp3) is 0. The number of hydrogen-bond acceptors (Lipinski definition) is 5. The van der Waals surface area contributed by atoms with Crippen LogP contribution in [0.4, 0.5) is 0 Å². The highest BCUT2D eigenvalue weighted by molar-refractivity contribution is 8.62. The van der Waals surface area contributed by atoms with Crippen molar-refractivity contribution in [2.75, 3.05) is 0 Å². The van der Waals surface area contributed by atoms with Crippen molar-refractivity contribution in [3.05, 3.63) is 0 Å². The van der Waals surface area contributed by atoms with Crippen LogP contribution in [0.1, 0.15) is 0 Å².